The summed E-state index contributed by atoms with van der Waals surface area (Å²) < 4.78 is 2.24. The molecule has 0 radical (unpaired) electrons. The number of benzene rings is 2. The highest BCUT2D eigenvalue weighted by molar-refractivity contribution is 6.01. The Bertz CT molecular complexity index is 1670. The highest BCUT2D eigenvalue weighted by Gasteiger charge is 2.27. The lowest BCUT2D eigenvalue weighted by atomic mass is 9.95. The number of phenols is 1. The number of imidazole rings is 1. The average Bonchev–Trinajstić information content (AvgIpc) is 3.63. The van der Waals surface area contributed by atoms with Crippen molar-refractivity contribution in [2.45, 2.75) is 51.1 Å². The molecule has 1 atom stereocenters. The zero-order valence-electron chi connectivity index (χ0n) is 20.9. The van der Waals surface area contributed by atoms with Crippen molar-refractivity contribution in [3.63, 3.8) is 0 Å². The molecule has 0 saturated heterocycles. The Labute approximate surface area is 217 Å². The van der Waals surface area contributed by atoms with Gasteiger partial charge in [0.1, 0.15) is 11.4 Å². The first-order chi connectivity index (χ1) is 18.4. The van der Waals surface area contributed by atoms with Crippen LogP contribution in [0.15, 0.2) is 48.7 Å². The number of carbonyl (C=O) groups is 2. The smallest absolute Gasteiger partial charge is 0.331 e. The number of carbonyl (C=O) groups excluding carboxylic acids is 1. The summed E-state index contributed by atoms with van der Waals surface area (Å²) in [6, 6.07) is 10.9. The summed E-state index contributed by atoms with van der Waals surface area (Å²) >= 11 is 0. The van der Waals surface area contributed by atoms with Crippen molar-refractivity contribution >= 4 is 33.8 Å². The third-order valence-corrected chi connectivity index (χ3v) is 7.36. The number of nitrogens with zero attached hydrogens (tertiary/aromatic N) is 3. The van der Waals surface area contributed by atoms with Crippen molar-refractivity contribution in [2.24, 2.45) is 0 Å². The van der Waals surface area contributed by atoms with Gasteiger partial charge in [-0.3, -0.25) is 9.89 Å². The molecule has 3 aromatic heterocycles. The Morgan fingerprint density at radius 3 is 2.66 bits per heavy atom. The van der Waals surface area contributed by atoms with Crippen LogP contribution in [0.3, 0.4) is 0 Å². The van der Waals surface area contributed by atoms with Crippen LogP contribution in [0.5, 0.6) is 5.75 Å². The fourth-order valence-corrected chi connectivity index (χ4v) is 5.52. The number of amides is 1. The number of rotatable bonds is 6. The highest BCUT2D eigenvalue weighted by Crippen LogP contribution is 2.36. The SMILES string of the molecule is Cc1cc(-c2nc3cc(C(=O)N[C@H](C(=O)O)c4c[nH]c5ccc(O)cc45)ccc3n2C2CCCCC2)n[nH]1. The number of nitrogens with one attached hydrogen (secondary N) is 3. The number of aryl methyl sites for hydroxylation is 1. The van der Waals surface area contributed by atoms with Crippen LogP contribution < -0.4 is 5.32 Å². The van der Waals surface area contributed by atoms with Gasteiger partial charge in [0.15, 0.2) is 11.9 Å². The average molecular weight is 513 g/mol. The van der Waals surface area contributed by atoms with E-state index in [2.05, 4.69) is 25.1 Å². The van der Waals surface area contributed by atoms with Crippen LogP contribution in [0.4, 0.5) is 0 Å². The van der Waals surface area contributed by atoms with E-state index in [-0.39, 0.29) is 5.75 Å². The molecule has 1 saturated carbocycles. The summed E-state index contributed by atoms with van der Waals surface area (Å²) in [5.74, 6) is -0.967. The number of hydrogen-bond donors (Lipinski definition) is 5. The lowest BCUT2D eigenvalue weighted by molar-refractivity contribution is -0.139. The third-order valence-electron chi connectivity index (χ3n) is 7.36. The van der Waals surface area contributed by atoms with Crippen molar-refractivity contribution in [2.75, 3.05) is 0 Å². The minimum absolute atomic E-state index is 0.00993. The van der Waals surface area contributed by atoms with E-state index in [4.69, 9.17) is 4.98 Å². The van der Waals surface area contributed by atoms with E-state index in [9.17, 15) is 19.8 Å². The lowest BCUT2D eigenvalue weighted by Crippen LogP contribution is -2.33. The number of fused-ring (bicyclic) bond motifs is 2. The standard InChI is InChI=1S/C28H28N6O4/c1-15-11-23(33-32-15)26-30-22-12-16(7-10-24(22)34(26)17-5-3-2-4-6-17)27(36)31-25(28(37)38)20-14-29-21-9-8-18(35)13-19(20)21/h7-14,17,25,29,35H,2-6H2,1H3,(H,31,36)(H,32,33)(H,37,38)/t25-/m0/s1. The summed E-state index contributed by atoms with van der Waals surface area (Å²) in [6.07, 6.45) is 7.20. The summed E-state index contributed by atoms with van der Waals surface area (Å²) in [5.41, 5.74) is 4.60. The van der Waals surface area contributed by atoms with Crippen LogP contribution in [0, 0.1) is 6.92 Å². The molecule has 1 fully saturated rings. The topological polar surface area (TPSA) is 149 Å². The van der Waals surface area contributed by atoms with Crippen LogP contribution >= 0.6 is 0 Å². The number of phenolic OH excluding ortho intramolecular Hbond substituents is 1. The zero-order chi connectivity index (χ0) is 26.4. The van der Waals surface area contributed by atoms with E-state index in [0.29, 0.717) is 33.6 Å². The molecule has 0 bridgehead atoms. The predicted octanol–water partition coefficient (Wildman–Crippen LogP) is 4.98. The minimum atomic E-state index is -1.31. The van der Waals surface area contributed by atoms with Crippen molar-refractivity contribution in [1.82, 2.24) is 30.0 Å². The van der Waals surface area contributed by atoms with Gasteiger partial charge in [0.25, 0.3) is 5.91 Å². The molecule has 2 aromatic carbocycles. The fraction of sp³-hybridized carbons (Fsp3) is 0.286. The van der Waals surface area contributed by atoms with Gasteiger partial charge in [-0.25, -0.2) is 9.78 Å². The van der Waals surface area contributed by atoms with Gasteiger partial charge >= 0.3 is 5.97 Å². The number of aromatic nitrogens is 5. The Hall–Kier alpha value is -4.60. The van der Waals surface area contributed by atoms with E-state index in [0.717, 1.165) is 48.4 Å². The number of carboxylic acid groups (broad SMARTS) is 1. The summed E-state index contributed by atoms with van der Waals surface area (Å²) in [6.45, 7) is 1.94. The first-order valence-electron chi connectivity index (χ1n) is 12.8. The quantitative estimate of drug-likeness (QED) is 0.217. The molecular formula is C28H28N6O4. The number of aromatic amines is 2. The maximum atomic E-state index is 13.3. The maximum Gasteiger partial charge on any atom is 0.331 e. The van der Waals surface area contributed by atoms with Gasteiger partial charge in [-0.05, 0) is 62.2 Å². The lowest BCUT2D eigenvalue weighted by Gasteiger charge is -2.25. The number of aromatic hydroxyl groups is 1. The Balaban J connectivity index is 1.36. The maximum absolute atomic E-state index is 13.3. The molecular weight excluding hydrogens is 484 g/mol. The van der Waals surface area contributed by atoms with Gasteiger partial charge in [-0.2, -0.15) is 5.10 Å². The highest BCUT2D eigenvalue weighted by atomic mass is 16.4. The zero-order valence-corrected chi connectivity index (χ0v) is 20.9. The van der Waals surface area contributed by atoms with Crippen LogP contribution in [-0.2, 0) is 4.79 Å². The van der Waals surface area contributed by atoms with Crippen molar-refractivity contribution in [3.05, 3.63) is 65.5 Å². The number of hydrogen-bond acceptors (Lipinski definition) is 5. The Kier molecular flexibility index (Phi) is 5.86. The first kappa shape index (κ1) is 23.8. The minimum Gasteiger partial charge on any atom is -0.508 e. The van der Waals surface area contributed by atoms with Crippen LogP contribution in [0.1, 0.15) is 65.8 Å². The van der Waals surface area contributed by atoms with E-state index >= 15 is 0 Å². The monoisotopic (exact) mass is 512 g/mol. The summed E-state index contributed by atoms with van der Waals surface area (Å²) in [5, 5.41) is 30.4. The van der Waals surface area contributed by atoms with Crippen molar-refractivity contribution < 1.29 is 19.8 Å². The fourth-order valence-electron chi connectivity index (χ4n) is 5.52. The molecule has 5 N–H and O–H groups in total. The Morgan fingerprint density at radius 1 is 1.11 bits per heavy atom. The molecule has 0 aliphatic heterocycles. The largest absolute Gasteiger partial charge is 0.508 e. The molecule has 6 rings (SSSR count). The molecule has 0 spiro atoms. The summed E-state index contributed by atoms with van der Waals surface area (Å²) in [4.78, 5) is 33.3. The van der Waals surface area contributed by atoms with Crippen LogP contribution in [0.25, 0.3) is 33.5 Å². The van der Waals surface area contributed by atoms with Gasteiger partial charge in [-0.1, -0.05) is 19.3 Å². The molecule has 5 aromatic rings. The van der Waals surface area contributed by atoms with E-state index < -0.39 is 17.9 Å². The molecule has 3 heterocycles. The molecule has 1 aliphatic carbocycles. The van der Waals surface area contributed by atoms with Crippen molar-refractivity contribution in [1.29, 1.82) is 0 Å². The molecule has 1 amide bonds. The molecule has 38 heavy (non-hydrogen) atoms. The first-order valence-corrected chi connectivity index (χ1v) is 12.8. The number of H-pyrrole nitrogens is 2. The van der Waals surface area contributed by atoms with Gasteiger partial charge < -0.3 is 25.1 Å². The summed E-state index contributed by atoms with van der Waals surface area (Å²) in [7, 11) is 0. The van der Waals surface area contributed by atoms with Crippen molar-refractivity contribution in [3.8, 4) is 17.3 Å². The van der Waals surface area contributed by atoms with Gasteiger partial charge in [-0.15, -0.1) is 0 Å². The molecule has 10 heteroatoms. The van der Waals surface area contributed by atoms with E-state index in [1.165, 1.54) is 24.8 Å². The molecule has 194 valence electrons. The molecule has 1 aliphatic rings. The normalized spacial score (nSPS) is 15.2. The van der Waals surface area contributed by atoms with E-state index in [1.807, 2.05) is 19.1 Å². The van der Waals surface area contributed by atoms with Gasteiger partial charge in [0.05, 0.1) is 11.0 Å². The van der Waals surface area contributed by atoms with Crippen LogP contribution in [-0.4, -0.2) is 46.8 Å². The van der Waals surface area contributed by atoms with Crippen LogP contribution in [0.2, 0.25) is 0 Å². The second-order valence-electron chi connectivity index (χ2n) is 9.96. The van der Waals surface area contributed by atoms with Gasteiger partial charge in [0.2, 0.25) is 0 Å². The van der Waals surface area contributed by atoms with E-state index in [1.54, 1.807) is 18.2 Å². The number of carboxylic acids is 1. The molecule has 10 nitrogen and oxygen atoms in total. The van der Waals surface area contributed by atoms with Gasteiger partial charge in [0, 0.05) is 40.0 Å². The second-order valence-corrected chi connectivity index (χ2v) is 9.96. The predicted molar refractivity (Wildman–Crippen MR) is 142 cm³/mol. The molecule has 0 unspecified atom stereocenters. The number of aliphatic carboxylic acids is 1. The second kappa shape index (κ2) is 9.37. The third kappa shape index (κ3) is 4.17. The Morgan fingerprint density at radius 2 is 1.92 bits per heavy atom.